The first-order chi connectivity index (χ1) is 7.53. The van der Waals surface area contributed by atoms with E-state index in [0.29, 0.717) is 0 Å². The van der Waals surface area contributed by atoms with Gasteiger partial charge in [0.2, 0.25) is 0 Å². The van der Waals surface area contributed by atoms with Crippen LogP contribution in [0.4, 0.5) is 0 Å². The van der Waals surface area contributed by atoms with Gasteiger partial charge in [-0.1, -0.05) is 38.0 Å². The summed E-state index contributed by atoms with van der Waals surface area (Å²) >= 11 is 0. The number of methoxy groups -OCH3 is 1. The highest BCUT2D eigenvalue weighted by atomic mass is 33.5. The fraction of sp³-hybridized carbons (Fsp3) is 0.727. The predicted octanol–water partition coefficient (Wildman–Crippen LogP) is 4.49. The molecule has 0 radical (unpaired) electrons. The minimum Gasteiger partial charge on any atom is -0.469 e. The van der Waals surface area contributed by atoms with Crippen LogP contribution in [-0.4, -0.2) is 13.1 Å². The van der Waals surface area contributed by atoms with Crippen LogP contribution in [0, 0.1) is 11.3 Å². The summed E-state index contributed by atoms with van der Waals surface area (Å²) in [5, 5.41) is 2.08. The quantitative estimate of drug-likeness (QED) is 0.545. The van der Waals surface area contributed by atoms with E-state index in [2.05, 4.69) is 26.2 Å². The molecule has 0 amide bonds. The third-order valence-electron chi connectivity index (χ3n) is 2.73. The average molecular weight is 278 g/mol. The van der Waals surface area contributed by atoms with Gasteiger partial charge in [-0.25, -0.2) is 0 Å². The van der Waals surface area contributed by atoms with Crippen molar-refractivity contribution in [1.82, 2.24) is 0 Å². The van der Waals surface area contributed by atoms with Crippen molar-refractivity contribution in [1.29, 1.82) is 0 Å². The lowest BCUT2D eigenvalue weighted by atomic mass is 9.75. The Hall–Kier alpha value is 0.260. The van der Waals surface area contributed by atoms with Crippen molar-refractivity contribution < 1.29 is 9.53 Å². The maximum atomic E-state index is 11.9. The van der Waals surface area contributed by atoms with E-state index in [-0.39, 0.29) is 17.3 Å². The molecule has 1 atom stereocenters. The second-order valence-corrected chi connectivity index (χ2v) is 8.38. The zero-order chi connectivity index (χ0) is 12.2. The average Bonchev–Trinajstić information content (AvgIpc) is 2.70. The van der Waals surface area contributed by atoms with Crippen LogP contribution in [0.5, 0.6) is 0 Å². The highest BCUT2D eigenvalue weighted by Gasteiger charge is 2.39. The molecule has 1 aliphatic heterocycles. The molecule has 0 aromatic rings. The normalized spacial score (nSPS) is 18.1. The van der Waals surface area contributed by atoms with Crippen molar-refractivity contribution in [3.8, 4) is 0 Å². The molecule has 1 aliphatic rings. The summed E-state index contributed by atoms with van der Waals surface area (Å²) in [4.78, 5) is 13.1. The summed E-state index contributed by atoms with van der Waals surface area (Å²) in [6, 6.07) is 0. The fourth-order valence-corrected chi connectivity index (χ4v) is 6.21. The van der Waals surface area contributed by atoms with Gasteiger partial charge < -0.3 is 4.74 Å². The van der Waals surface area contributed by atoms with Gasteiger partial charge in [0.15, 0.2) is 0 Å². The van der Waals surface area contributed by atoms with E-state index >= 15 is 0 Å². The molecule has 0 spiro atoms. The number of hydrogen-bond donors (Lipinski definition) is 0. The van der Waals surface area contributed by atoms with Gasteiger partial charge in [-0.2, -0.15) is 0 Å². The Kier molecular flexibility index (Phi) is 5.61. The van der Waals surface area contributed by atoms with Crippen molar-refractivity contribution in [2.75, 3.05) is 7.11 Å². The molecule has 0 N–H and O–H groups in total. The summed E-state index contributed by atoms with van der Waals surface area (Å²) in [5.74, 6) is -0.231. The van der Waals surface area contributed by atoms with Crippen LogP contribution in [0.15, 0.2) is 10.3 Å². The van der Waals surface area contributed by atoms with Crippen molar-refractivity contribution in [2.24, 2.45) is 11.3 Å². The van der Waals surface area contributed by atoms with Gasteiger partial charge in [0, 0.05) is 4.91 Å². The zero-order valence-electron chi connectivity index (χ0n) is 10.1. The SMILES string of the molecule is CCCC(C)(C)C(C(=O)OC)C1=CSSS1. The molecule has 1 unspecified atom stereocenters. The Morgan fingerprint density at radius 1 is 1.56 bits per heavy atom. The van der Waals surface area contributed by atoms with E-state index < -0.39 is 0 Å². The molecule has 92 valence electrons. The Labute approximate surface area is 109 Å². The van der Waals surface area contributed by atoms with E-state index in [4.69, 9.17) is 4.74 Å². The van der Waals surface area contributed by atoms with Crippen molar-refractivity contribution in [3.05, 3.63) is 10.3 Å². The molecule has 1 rings (SSSR count). The van der Waals surface area contributed by atoms with E-state index in [9.17, 15) is 4.79 Å². The van der Waals surface area contributed by atoms with Crippen LogP contribution in [0.3, 0.4) is 0 Å². The van der Waals surface area contributed by atoms with Crippen molar-refractivity contribution >= 4 is 37.4 Å². The molecule has 0 saturated carbocycles. The molecule has 0 aromatic heterocycles. The molecule has 1 heterocycles. The van der Waals surface area contributed by atoms with E-state index in [0.717, 1.165) is 17.7 Å². The summed E-state index contributed by atoms with van der Waals surface area (Å²) in [6.45, 7) is 6.44. The Bertz CT molecular complexity index is 287. The lowest BCUT2D eigenvalue weighted by molar-refractivity contribution is -0.147. The lowest BCUT2D eigenvalue weighted by Crippen LogP contribution is -2.32. The van der Waals surface area contributed by atoms with Gasteiger partial charge in [-0.15, -0.1) is 0 Å². The second kappa shape index (κ2) is 6.26. The second-order valence-electron chi connectivity index (χ2n) is 4.46. The van der Waals surface area contributed by atoms with Crippen LogP contribution in [-0.2, 0) is 9.53 Å². The lowest BCUT2D eigenvalue weighted by Gasteiger charge is -2.32. The Morgan fingerprint density at radius 3 is 2.69 bits per heavy atom. The molecule has 2 nitrogen and oxygen atoms in total. The molecule has 5 heteroatoms. The highest BCUT2D eigenvalue weighted by Crippen LogP contribution is 2.55. The van der Waals surface area contributed by atoms with Crippen LogP contribution in [0.2, 0.25) is 0 Å². The van der Waals surface area contributed by atoms with Crippen LogP contribution in [0.25, 0.3) is 0 Å². The van der Waals surface area contributed by atoms with E-state index in [1.807, 2.05) is 0 Å². The first kappa shape index (κ1) is 14.3. The van der Waals surface area contributed by atoms with Gasteiger partial charge in [0.05, 0.1) is 13.0 Å². The van der Waals surface area contributed by atoms with Gasteiger partial charge in [-0.3, -0.25) is 4.79 Å². The maximum absolute atomic E-state index is 11.9. The minimum atomic E-state index is -0.120. The van der Waals surface area contributed by atoms with Crippen molar-refractivity contribution in [3.63, 3.8) is 0 Å². The highest BCUT2D eigenvalue weighted by molar-refractivity contribution is 9.11. The summed E-state index contributed by atoms with van der Waals surface area (Å²) in [6.07, 6.45) is 2.11. The van der Waals surface area contributed by atoms with Gasteiger partial charge in [0.25, 0.3) is 0 Å². The molecular formula is C11H18O2S3. The van der Waals surface area contributed by atoms with Crippen LogP contribution < -0.4 is 0 Å². The minimum absolute atomic E-state index is 0.0356. The third-order valence-corrected chi connectivity index (χ3v) is 6.55. The van der Waals surface area contributed by atoms with Gasteiger partial charge >= 0.3 is 5.97 Å². The number of carbonyl (C=O) groups excluding carboxylic acids is 1. The maximum Gasteiger partial charge on any atom is 0.314 e. The zero-order valence-corrected chi connectivity index (χ0v) is 12.6. The molecule has 0 fully saturated rings. The summed E-state index contributed by atoms with van der Waals surface area (Å²) in [7, 11) is 6.54. The number of rotatable bonds is 5. The monoisotopic (exact) mass is 278 g/mol. The van der Waals surface area contributed by atoms with E-state index in [1.54, 1.807) is 31.4 Å². The largest absolute Gasteiger partial charge is 0.469 e. The molecule has 0 aromatic carbocycles. The Balaban J connectivity index is 2.90. The summed E-state index contributed by atoms with van der Waals surface area (Å²) < 4.78 is 4.95. The van der Waals surface area contributed by atoms with Crippen LogP contribution in [0.1, 0.15) is 33.6 Å². The topological polar surface area (TPSA) is 26.3 Å². The van der Waals surface area contributed by atoms with E-state index in [1.165, 1.54) is 7.11 Å². The smallest absolute Gasteiger partial charge is 0.314 e. The first-order valence-corrected chi connectivity index (χ1v) is 8.85. The van der Waals surface area contributed by atoms with Crippen molar-refractivity contribution in [2.45, 2.75) is 33.6 Å². The molecule has 0 saturated heterocycles. The van der Waals surface area contributed by atoms with Gasteiger partial charge in [-0.05, 0) is 37.9 Å². The number of carbonyl (C=O) groups is 1. The Morgan fingerprint density at radius 2 is 2.25 bits per heavy atom. The predicted molar refractivity (Wildman–Crippen MR) is 75.1 cm³/mol. The number of esters is 1. The molecule has 16 heavy (non-hydrogen) atoms. The van der Waals surface area contributed by atoms with Gasteiger partial charge in [0.1, 0.15) is 0 Å². The summed E-state index contributed by atoms with van der Waals surface area (Å²) in [5.41, 5.74) is -0.0356. The standard InChI is InChI=1S/C11H18O2S3/c1-5-6-11(2,3)9(10(12)13-4)8-7-14-16-15-8/h7,9H,5-6H2,1-4H3. The molecule has 0 bridgehead atoms. The number of ether oxygens (including phenoxy) is 1. The molecule has 0 aliphatic carbocycles. The third kappa shape index (κ3) is 3.37. The fourth-order valence-electron chi connectivity index (χ4n) is 1.99. The first-order valence-electron chi connectivity index (χ1n) is 5.31. The molecular weight excluding hydrogens is 260 g/mol. The van der Waals surface area contributed by atoms with Crippen LogP contribution >= 0.6 is 31.4 Å². The number of hydrogen-bond acceptors (Lipinski definition) is 5.